The zero-order valence-corrected chi connectivity index (χ0v) is 10.9. The predicted molar refractivity (Wildman–Crippen MR) is 67.0 cm³/mol. The number of ether oxygens (including phenoxy) is 2. The SMILES string of the molecule is CCc1cccc(C(C)C(=O)OCOC(C)=O)c1. The molecule has 0 aromatic heterocycles. The zero-order valence-electron chi connectivity index (χ0n) is 10.9. The average Bonchev–Trinajstić information content (AvgIpc) is 2.37. The van der Waals surface area contributed by atoms with Gasteiger partial charge in [0.15, 0.2) is 0 Å². The third-order valence-corrected chi connectivity index (χ3v) is 2.68. The molecule has 0 N–H and O–H groups in total. The summed E-state index contributed by atoms with van der Waals surface area (Å²) in [5.41, 5.74) is 2.08. The van der Waals surface area contributed by atoms with Gasteiger partial charge in [-0.05, 0) is 24.5 Å². The maximum absolute atomic E-state index is 11.7. The Labute approximate surface area is 107 Å². The second-order valence-corrected chi connectivity index (χ2v) is 4.04. The van der Waals surface area contributed by atoms with Crippen LogP contribution in [0.2, 0.25) is 0 Å². The third kappa shape index (κ3) is 4.20. The van der Waals surface area contributed by atoms with Crippen molar-refractivity contribution in [3.63, 3.8) is 0 Å². The Balaban J connectivity index is 2.59. The predicted octanol–water partition coefficient (Wildman–Crippen LogP) is 2.42. The van der Waals surface area contributed by atoms with Gasteiger partial charge in [-0.3, -0.25) is 9.59 Å². The Morgan fingerprint density at radius 2 is 2.00 bits per heavy atom. The van der Waals surface area contributed by atoms with E-state index in [4.69, 9.17) is 4.74 Å². The first-order chi connectivity index (χ1) is 8.54. The van der Waals surface area contributed by atoms with Crippen LogP contribution >= 0.6 is 0 Å². The lowest BCUT2D eigenvalue weighted by Gasteiger charge is -2.12. The molecule has 0 fully saturated rings. The number of aryl methyl sites for hydroxylation is 1. The van der Waals surface area contributed by atoms with E-state index < -0.39 is 11.9 Å². The highest BCUT2D eigenvalue weighted by Gasteiger charge is 2.17. The van der Waals surface area contributed by atoms with Crippen LogP contribution in [0.25, 0.3) is 0 Å². The molecule has 1 aromatic carbocycles. The van der Waals surface area contributed by atoms with Crippen molar-refractivity contribution in [2.24, 2.45) is 0 Å². The number of rotatable bonds is 5. The maximum atomic E-state index is 11.7. The van der Waals surface area contributed by atoms with Crippen LogP contribution < -0.4 is 0 Å². The van der Waals surface area contributed by atoms with Crippen LogP contribution in [-0.4, -0.2) is 18.7 Å². The molecule has 0 spiro atoms. The number of esters is 2. The van der Waals surface area contributed by atoms with Gasteiger partial charge in [-0.15, -0.1) is 0 Å². The van der Waals surface area contributed by atoms with Crippen molar-refractivity contribution >= 4 is 11.9 Å². The normalized spacial score (nSPS) is 11.7. The molecule has 1 rings (SSSR count). The molecule has 0 saturated carbocycles. The highest BCUT2D eigenvalue weighted by Crippen LogP contribution is 2.18. The monoisotopic (exact) mass is 250 g/mol. The highest BCUT2D eigenvalue weighted by atomic mass is 16.7. The van der Waals surface area contributed by atoms with E-state index >= 15 is 0 Å². The Kier molecular flexibility index (Phi) is 5.36. The van der Waals surface area contributed by atoms with Gasteiger partial charge in [-0.1, -0.05) is 31.2 Å². The van der Waals surface area contributed by atoms with Crippen LogP contribution in [0.4, 0.5) is 0 Å². The lowest BCUT2D eigenvalue weighted by atomic mass is 9.98. The molecular formula is C14H18O4. The molecule has 0 radical (unpaired) electrons. The van der Waals surface area contributed by atoms with E-state index in [0.29, 0.717) is 0 Å². The molecule has 0 saturated heterocycles. The third-order valence-electron chi connectivity index (χ3n) is 2.68. The minimum Gasteiger partial charge on any atom is -0.428 e. The van der Waals surface area contributed by atoms with Gasteiger partial charge in [-0.2, -0.15) is 0 Å². The summed E-state index contributed by atoms with van der Waals surface area (Å²) in [6.07, 6.45) is 0.920. The molecular weight excluding hydrogens is 232 g/mol. The van der Waals surface area contributed by atoms with Crippen molar-refractivity contribution in [2.45, 2.75) is 33.1 Å². The molecule has 98 valence electrons. The lowest BCUT2D eigenvalue weighted by molar-refractivity contribution is -0.166. The maximum Gasteiger partial charge on any atom is 0.316 e. The molecule has 18 heavy (non-hydrogen) atoms. The molecule has 1 unspecified atom stereocenters. The fraction of sp³-hybridized carbons (Fsp3) is 0.429. The molecule has 0 aliphatic rings. The van der Waals surface area contributed by atoms with E-state index in [9.17, 15) is 9.59 Å². The topological polar surface area (TPSA) is 52.6 Å². The number of benzene rings is 1. The van der Waals surface area contributed by atoms with Crippen LogP contribution in [-0.2, 0) is 25.5 Å². The molecule has 4 heteroatoms. The van der Waals surface area contributed by atoms with Gasteiger partial charge in [0.1, 0.15) is 0 Å². The Morgan fingerprint density at radius 1 is 1.28 bits per heavy atom. The van der Waals surface area contributed by atoms with Gasteiger partial charge < -0.3 is 9.47 Å². The number of carbonyl (C=O) groups excluding carboxylic acids is 2. The second-order valence-electron chi connectivity index (χ2n) is 4.04. The van der Waals surface area contributed by atoms with Crippen molar-refractivity contribution in [1.82, 2.24) is 0 Å². The van der Waals surface area contributed by atoms with Crippen molar-refractivity contribution in [3.05, 3.63) is 35.4 Å². The molecule has 4 nitrogen and oxygen atoms in total. The van der Waals surface area contributed by atoms with E-state index in [1.807, 2.05) is 24.3 Å². The second kappa shape index (κ2) is 6.79. The molecule has 0 aliphatic heterocycles. The van der Waals surface area contributed by atoms with Gasteiger partial charge >= 0.3 is 11.9 Å². The largest absolute Gasteiger partial charge is 0.428 e. The zero-order chi connectivity index (χ0) is 13.5. The molecule has 1 atom stereocenters. The number of hydrogen-bond acceptors (Lipinski definition) is 4. The van der Waals surface area contributed by atoms with Crippen LogP contribution in [0.3, 0.4) is 0 Å². The van der Waals surface area contributed by atoms with Gasteiger partial charge in [-0.25, -0.2) is 0 Å². The molecule has 1 aromatic rings. The Bertz CT molecular complexity index is 426. The summed E-state index contributed by atoms with van der Waals surface area (Å²) in [4.78, 5) is 22.2. The standard InChI is InChI=1S/C14H18O4/c1-4-12-6-5-7-13(8-12)10(2)14(16)18-9-17-11(3)15/h5-8,10H,4,9H2,1-3H3. The Morgan fingerprint density at radius 3 is 2.61 bits per heavy atom. The van der Waals surface area contributed by atoms with Gasteiger partial charge in [0.25, 0.3) is 0 Å². The smallest absolute Gasteiger partial charge is 0.316 e. The van der Waals surface area contributed by atoms with Crippen molar-refractivity contribution in [3.8, 4) is 0 Å². The molecule has 0 aliphatic carbocycles. The van der Waals surface area contributed by atoms with E-state index in [0.717, 1.165) is 12.0 Å². The Hall–Kier alpha value is -1.84. The van der Waals surface area contributed by atoms with Crippen LogP contribution in [0.5, 0.6) is 0 Å². The van der Waals surface area contributed by atoms with E-state index in [1.165, 1.54) is 12.5 Å². The van der Waals surface area contributed by atoms with Crippen molar-refractivity contribution < 1.29 is 19.1 Å². The summed E-state index contributed by atoms with van der Waals surface area (Å²) in [5.74, 6) is -1.24. The van der Waals surface area contributed by atoms with E-state index in [2.05, 4.69) is 11.7 Å². The van der Waals surface area contributed by atoms with Crippen LogP contribution in [0.15, 0.2) is 24.3 Å². The first-order valence-corrected chi connectivity index (χ1v) is 5.93. The summed E-state index contributed by atoms with van der Waals surface area (Å²) >= 11 is 0. The fourth-order valence-corrected chi connectivity index (χ4v) is 1.51. The average molecular weight is 250 g/mol. The summed E-state index contributed by atoms with van der Waals surface area (Å²) in [6, 6.07) is 7.80. The lowest BCUT2D eigenvalue weighted by Crippen LogP contribution is -2.16. The summed E-state index contributed by atoms with van der Waals surface area (Å²) < 4.78 is 9.42. The number of hydrogen-bond donors (Lipinski definition) is 0. The van der Waals surface area contributed by atoms with Crippen molar-refractivity contribution in [2.75, 3.05) is 6.79 Å². The fourth-order valence-electron chi connectivity index (χ4n) is 1.51. The van der Waals surface area contributed by atoms with Crippen LogP contribution in [0.1, 0.15) is 37.8 Å². The van der Waals surface area contributed by atoms with Crippen LogP contribution in [0, 0.1) is 0 Å². The number of carbonyl (C=O) groups is 2. The molecule has 0 bridgehead atoms. The first kappa shape index (κ1) is 14.2. The quantitative estimate of drug-likeness (QED) is 0.595. The molecule has 0 heterocycles. The van der Waals surface area contributed by atoms with E-state index in [-0.39, 0.29) is 12.7 Å². The minimum atomic E-state index is -0.469. The summed E-state index contributed by atoms with van der Waals surface area (Å²) in [5, 5.41) is 0. The van der Waals surface area contributed by atoms with Gasteiger partial charge in [0.2, 0.25) is 6.79 Å². The summed E-state index contributed by atoms with van der Waals surface area (Å²) in [7, 11) is 0. The summed E-state index contributed by atoms with van der Waals surface area (Å²) in [6.45, 7) is 4.77. The molecule has 0 amide bonds. The first-order valence-electron chi connectivity index (χ1n) is 5.93. The van der Waals surface area contributed by atoms with Gasteiger partial charge in [0, 0.05) is 6.92 Å². The highest BCUT2D eigenvalue weighted by molar-refractivity contribution is 5.77. The minimum absolute atomic E-state index is 0.327. The van der Waals surface area contributed by atoms with Gasteiger partial charge in [0.05, 0.1) is 5.92 Å². The van der Waals surface area contributed by atoms with E-state index in [1.54, 1.807) is 6.92 Å². The van der Waals surface area contributed by atoms with Crippen molar-refractivity contribution in [1.29, 1.82) is 0 Å².